The number of hydrogen-bond donors (Lipinski definition) is 2. The van der Waals surface area contributed by atoms with E-state index in [0.29, 0.717) is 18.2 Å². The minimum atomic E-state index is -0.844. The van der Waals surface area contributed by atoms with Crippen molar-refractivity contribution in [1.29, 1.82) is 0 Å². The van der Waals surface area contributed by atoms with Crippen molar-refractivity contribution in [3.8, 4) is 0 Å². The number of benzene rings is 1. The summed E-state index contributed by atoms with van der Waals surface area (Å²) in [4.78, 5) is 24.3. The first kappa shape index (κ1) is 15.8. The van der Waals surface area contributed by atoms with Crippen molar-refractivity contribution in [2.24, 2.45) is 5.73 Å². The monoisotopic (exact) mass is 311 g/mol. The molecule has 1 saturated heterocycles. The van der Waals surface area contributed by atoms with Gasteiger partial charge in [0.15, 0.2) is 0 Å². The molecule has 3 N–H and O–H groups in total. The third-order valence-corrected chi connectivity index (χ3v) is 3.77. The summed E-state index contributed by atoms with van der Waals surface area (Å²) in [5.41, 5.74) is 5.83. The summed E-state index contributed by atoms with van der Waals surface area (Å²) >= 11 is 6.18. The fourth-order valence-corrected chi connectivity index (χ4v) is 2.57. The molecule has 0 saturated carbocycles. The molecule has 1 fully saturated rings. The van der Waals surface area contributed by atoms with Crippen molar-refractivity contribution in [2.45, 2.75) is 19.1 Å². The predicted octanol–water partition coefficient (Wildman–Crippen LogP) is 1.30. The molecule has 0 aromatic heterocycles. The molecule has 0 spiro atoms. The van der Waals surface area contributed by atoms with Gasteiger partial charge in [-0.05, 0) is 13.0 Å². The molecule has 6 nitrogen and oxygen atoms in total. The highest BCUT2D eigenvalue weighted by molar-refractivity contribution is 6.31. The van der Waals surface area contributed by atoms with Crippen molar-refractivity contribution in [2.75, 3.05) is 19.7 Å². The number of hydrogen-bond acceptors (Lipinski definition) is 4. The third kappa shape index (κ3) is 4.17. The number of rotatable bonds is 3. The molecule has 1 aromatic carbocycles. The van der Waals surface area contributed by atoms with Gasteiger partial charge in [0.1, 0.15) is 0 Å². The van der Waals surface area contributed by atoms with Crippen LogP contribution in [0, 0.1) is 0 Å². The maximum atomic E-state index is 11.7. The molecule has 0 radical (unpaired) electrons. The Balaban J connectivity index is 2.04. The van der Waals surface area contributed by atoms with E-state index >= 15 is 0 Å². The molecule has 114 valence electrons. The molecule has 1 aromatic rings. The van der Waals surface area contributed by atoms with Gasteiger partial charge in [-0.25, -0.2) is 4.79 Å². The Morgan fingerprint density at radius 1 is 1.48 bits per heavy atom. The quantitative estimate of drug-likeness (QED) is 0.881. The summed E-state index contributed by atoms with van der Waals surface area (Å²) in [6.07, 6.45) is -0.198. The maximum absolute atomic E-state index is 11.7. The molecule has 0 unspecified atom stereocenters. The van der Waals surface area contributed by atoms with Crippen LogP contribution < -0.4 is 11.1 Å². The molecule has 0 aliphatic carbocycles. The van der Waals surface area contributed by atoms with Gasteiger partial charge in [-0.1, -0.05) is 29.8 Å². The first-order chi connectivity index (χ1) is 9.97. The molecular weight excluding hydrogens is 294 g/mol. The Bertz CT molecular complexity index is 538. The van der Waals surface area contributed by atoms with E-state index in [0.717, 1.165) is 5.56 Å². The van der Waals surface area contributed by atoms with Gasteiger partial charge in [0, 0.05) is 23.2 Å². The van der Waals surface area contributed by atoms with Gasteiger partial charge in [0.05, 0.1) is 19.3 Å². The van der Waals surface area contributed by atoms with Gasteiger partial charge in [-0.2, -0.15) is 0 Å². The van der Waals surface area contributed by atoms with Crippen LogP contribution in [0.3, 0.4) is 0 Å². The Hall–Kier alpha value is -1.63. The summed E-state index contributed by atoms with van der Waals surface area (Å²) in [6.45, 7) is 3.06. The lowest BCUT2D eigenvalue weighted by Crippen LogP contribution is -2.50. The standard InChI is InChI=1S/C14H18ClN3O3/c1-9-8-21-12(10-4-2-3-5-11(10)15)6-18(9)7-13(19)17-14(16)20/h2-5,9,12H,6-8H2,1H3,(H3,16,17,19,20)/t9-,12-/m1/s1. The lowest BCUT2D eigenvalue weighted by molar-refractivity contribution is -0.125. The number of morpholine rings is 1. The van der Waals surface area contributed by atoms with E-state index in [-0.39, 0.29) is 18.7 Å². The van der Waals surface area contributed by atoms with E-state index in [2.05, 4.69) is 5.32 Å². The molecule has 21 heavy (non-hydrogen) atoms. The van der Waals surface area contributed by atoms with Crippen molar-refractivity contribution in [3.63, 3.8) is 0 Å². The molecule has 7 heteroatoms. The average molecular weight is 312 g/mol. The largest absolute Gasteiger partial charge is 0.371 e. The second-order valence-corrected chi connectivity index (χ2v) is 5.44. The van der Waals surface area contributed by atoms with Crippen LogP contribution in [0.15, 0.2) is 24.3 Å². The van der Waals surface area contributed by atoms with Crippen molar-refractivity contribution >= 4 is 23.5 Å². The zero-order valence-electron chi connectivity index (χ0n) is 11.7. The summed E-state index contributed by atoms with van der Waals surface area (Å²) in [5.74, 6) is -0.422. The lowest BCUT2D eigenvalue weighted by atomic mass is 10.1. The number of nitrogens with zero attached hydrogens (tertiary/aromatic N) is 1. The normalized spacial score (nSPS) is 22.8. The van der Waals surface area contributed by atoms with E-state index in [1.807, 2.05) is 36.1 Å². The topological polar surface area (TPSA) is 84.7 Å². The van der Waals surface area contributed by atoms with Gasteiger partial charge in [-0.15, -0.1) is 0 Å². The maximum Gasteiger partial charge on any atom is 0.318 e. The molecule has 3 amide bonds. The summed E-state index contributed by atoms with van der Waals surface area (Å²) in [5, 5.41) is 2.71. The summed E-state index contributed by atoms with van der Waals surface area (Å²) in [7, 11) is 0. The lowest BCUT2D eigenvalue weighted by Gasteiger charge is -2.37. The van der Waals surface area contributed by atoms with Crippen LogP contribution in [0.2, 0.25) is 5.02 Å². The van der Waals surface area contributed by atoms with Gasteiger partial charge in [0.2, 0.25) is 5.91 Å². The third-order valence-electron chi connectivity index (χ3n) is 3.42. The van der Waals surface area contributed by atoms with Crippen LogP contribution in [0.5, 0.6) is 0 Å². The first-order valence-electron chi connectivity index (χ1n) is 6.66. The van der Waals surface area contributed by atoms with E-state index in [1.54, 1.807) is 0 Å². The van der Waals surface area contributed by atoms with Crippen LogP contribution in [0.25, 0.3) is 0 Å². The zero-order chi connectivity index (χ0) is 15.4. The fraction of sp³-hybridized carbons (Fsp3) is 0.429. The molecule has 0 bridgehead atoms. The van der Waals surface area contributed by atoms with Crippen molar-refractivity contribution in [3.05, 3.63) is 34.9 Å². The van der Waals surface area contributed by atoms with Crippen LogP contribution in [0.4, 0.5) is 4.79 Å². The van der Waals surface area contributed by atoms with Crippen LogP contribution in [0.1, 0.15) is 18.6 Å². The molecule has 1 aliphatic heterocycles. The number of ether oxygens (including phenoxy) is 1. The second kappa shape index (κ2) is 6.89. The highest BCUT2D eigenvalue weighted by Crippen LogP contribution is 2.29. The average Bonchev–Trinajstić information content (AvgIpc) is 2.41. The highest BCUT2D eigenvalue weighted by Gasteiger charge is 2.29. The van der Waals surface area contributed by atoms with Crippen LogP contribution >= 0.6 is 11.6 Å². The summed E-state index contributed by atoms with van der Waals surface area (Å²) in [6, 6.07) is 6.70. The summed E-state index contributed by atoms with van der Waals surface area (Å²) < 4.78 is 5.80. The molecule has 2 rings (SSSR count). The minimum absolute atomic E-state index is 0.0716. The Kier molecular flexibility index (Phi) is 5.17. The van der Waals surface area contributed by atoms with E-state index in [9.17, 15) is 9.59 Å². The predicted molar refractivity (Wildman–Crippen MR) is 78.9 cm³/mol. The molecule has 1 heterocycles. The Labute approximate surface area is 128 Å². The molecule has 1 aliphatic rings. The first-order valence-corrected chi connectivity index (χ1v) is 7.04. The van der Waals surface area contributed by atoms with Gasteiger partial charge in [0.25, 0.3) is 0 Å². The van der Waals surface area contributed by atoms with Crippen LogP contribution in [-0.2, 0) is 9.53 Å². The number of nitrogens with two attached hydrogens (primary N) is 1. The van der Waals surface area contributed by atoms with E-state index < -0.39 is 11.9 Å². The van der Waals surface area contributed by atoms with E-state index in [4.69, 9.17) is 22.1 Å². The SMILES string of the molecule is C[C@@H]1CO[C@@H](c2ccccc2Cl)CN1CC(=O)NC(N)=O. The fourth-order valence-electron chi connectivity index (χ4n) is 2.31. The van der Waals surface area contributed by atoms with Gasteiger partial charge >= 0.3 is 6.03 Å². The number of primary amides is 1. The van der Waals surface area contributed by atoms with Crippen molar-refractivity contribution in [1.82, 2.24) is 10.2 Å². The number of carbonyl (C=O) groups is 2. The number of amides is 3. The zero-order valence-corrected chi connectivity index (χ0v) is 12.5. The molecular formula is C14H18ClN3O3. The minimum Gasteiger partial charge on any atom is -0.371 e. The smallest absolute Gasteiger partial charge is 0.318 e. The van der Waals surface area contributed by atoms with Crippen molar-refractivity contribution < 1.29 is 14.3 Å². The second-order valence-electron chi connectivity index (χ2n) is 5.03. The highest BCUT2D eigenvalue weighted by atomic mass is 35.5. The number of urea groups is 1. The van der Waals surface area contributed by atoms with Crippen LogP contribution in [-0.4, -0.2) is 42.6 Å². The number of carbonyl (C=O) groups excluding carboxylic acids is 2. The number of halogens is 1. The van der Waals surface area contributed by atoms with Gasteiger partial charge in [-0.3, -0.25) is 15.0 Å². The molecule has 2 atom stereocenters. The number of nitrogens with one attached hydrogen (secondary N) is 1. The Morgan fingerprint density at radius 3 is 2.86 bits per heavy atom. The number of imide groups is 1. The van der Waals surface area contributed by atoms with Gasteiger partial charge < -0.3 is 10.5 Å². The van der Waals surface area contributed by atoms with E-state index in [1.165, 1.54) is 0 Å². The Morgan fingerprint density at radius 2 is 2.19 bits per heavy atom.